The van der Waals surface area contributed by atoms with Crippen LogP contribution in [0, 0.1) is 13.8 Å². The molecule has 0 amide bonds. The molecule has 0 aliphatic heterocycles. The Bertz CT molecular complexity index is 300. The Labute approximate surface area is 85.3 Å². The summed E-state index contributed by atoms with van der Waals surface area (Å²) in [7, 11) is 0. The molecule has 2 heteroatoms. The molecule has 1 rings (SSSR count). The molecule has 0 aliphatic rings. The lowest BCUT2D eigenvalue weighted by atomic mass is 10.1. The lowest BCUT2D eigenvalue weighted by molar-refractivity contribution is 0.291. The van der Waals surface area contributed by atoms with Crippen molar-refractivity contribution in [3.8, 4) is 0 Å². The zero-order valence-corrected chi connectivity index (χ0v) is 8.75. The van der Waals surface area contributed by atoms with Crippen LogP contribution in [-0.4, -0.2) is 17.8 Å². The van der Waals surface area contributed by atoms with E-state index in [0.717, 1.165) is 5.69 Å². The Kier molecular flexibility index (Phi) is 3.72. The molecule has 2 N–H and O–H groups in total. The van der Waals surface area contributed by atoms with Crippen LogP contribution in [0.4, 0.5) is 5.69 Å². The Morgan fingerprint density at radius 2 is 1.93 bits per heavy atom. The van der Waals surface area contributed by atoms with Gasteiger partial charge in [-0.1, -0.05) is 12.1 Å². The van der Waals surface area contributed by atoms with E-state index >= 15 is 0 Å². The van der Waals surface area contributed by atoms with Crippen molar-refractivity contribution in [2.75, 3.05) is 11.9 Å². The molecule has 0 fully saturated rings. The largest absolute Gasteiger partial charge is 0.394 e. The van der Waals surface area contributed by atoms with Crippen molar-refractivity contribution in [2.24, 2.45) is 0 Å². The molecule has 0 radical (unpaired) electrons. The molecular weight excluding hydrogens is 174 g/mol. The van der Waals surface area contributed by atoms with Gasteiger partial charge in [0.15, 0.2) is 0 Å². The molecule has 0 heterocycles. The Morgan fingerprint density at radius 3 is 2.36 bits per heavy atom. The summed E-state index contributed by atoms with van der Waals surface area (Å²) in [5.41, 5.74) is 3.46. The summed E-state index contributed by atoms with van der Waals surface area (Å²) in [5.74, 6) is 0. The molecular formula is C12H17NO. The fourth-order valence-corrected chi connectivity index (χ4v) is 1.45. The Morgan fingerprint density at radius 1 is 1.36 bits per heavy atom. The summed E-state index contributed by atoms with van der Waals surface area (Å²) < 4.78 is 0. The zero-order valence-electron chi connectivity index (χ0n) is 8.75. The fraction of sp³-hybridized carbons (Fsp3) is 0.333. The van der Waals surface area contributed by atoms with Crippen molar-refractivity contribution < 1.29 is 5.11 Å². The van der Waals surface area contributed by atoms with Gasteiger partial charge in [0.2, 0.25) is 0 Å². The van der Waals surface area contributed by atoms with Gasteiger partial charge < -0.3 is 10.4 Å². The molecule has 0 spiro atoms. The maximum Gasteiger partial charge on any atom is 0.0673 e. The standard InChI is InChI=1S/C12H17NO/c1-4-11(8-14)13-12-6-9(2)5-10(3)7-12/h4-7,11,13-14H,1,8H2,2-3H3. The van der Waals surface area contributed by atoms with Crippen LogP contribution in [0.25, 0.3) is 0 Å². The third kappa shape index (κ3) is 2.89. The predicted octanol–water partition coefficient (Wildman–Crippen LogP) is 2.26. The van der Waals surface area contributed by atoms with Crippen LogP contribution in [0.1, 0.15) is 11.1 Å². The minimum atomic E-state index is -0.0730. The van der Waals surface area contributed by atoms with E-state index in [1.54, 1.807) is 6.08 Å². The van der Waals surface area contributed by atoms with Crippen molar-refractivity contribution >= 4 is 5.69 Å². The molecule has 2 nitrogen and oxygen atoms in total. The highest BCUT2D eigenvalue weighted by molar-refractivity contribution is 5.49. The first-order chi connectivity index (χ1) is 6.65. The van der Waals surface area contributed by atoms with Crippen molar-refractivity contribution in [1.82, 2.24) is 0 Å². The highest BCUT2D eigenvalue weighted by Gasteiger charge is 2.02. The quantitative estimate of drug-likeness (QED) is 0.715. The van der Waals surface area contributed by atoms with E-state index in [9.17, 15) is 0 Å². The van der Waals surface area contributed by atoms with E-state index in [4.69, 9.17) is 5.11 Å². The topological polar surface area (TPSA) is 32.3 Å². The van der Waals surface area contributed by atoms with Crippen LogP contribution in [0.3, 0.4) is 0 Å². The number of aliphatic hydroxyl groups excluding tert-OH is 1. The predicted molar refractivity (Wildman–Crippen MR) is 60.6 cm³/mol. The monoisotopic (exact) mass is 191 g/mol. The normalized spacial score (nSPS) is 12.2. The average Bonchev–Trinajstić information content (AvgIpc) is 2.12. The van der Waals surface area contributed by atoms with Gasteiger partial charge in [0.25, 0.3) is 0 Å². The molecule has 1 aromatic carbocycles. The zero-order chi connectivity index (χ0) is 10.6. The van der Waals surface area contributed by atoms with Gasteiger partial charge in [-0.3, -0.25) is 0 Å². The first-order valence-corrected chi connectivity index (χ1v) is 4.74. The molecule has 14 heavy (non-hydrogen) atoms. The maximum absolute atomic E-state index is 8.99. The minimum Gasteiger partial charge on any atom is -0.394 e. The van der Waals surface area contributed by atoms with E-state index < -0.39 is 0 Å². The van der Waals surface area contributed by atoms with Crippen LogP contribution < -0.4 is 5.32 Å². The Balaban J connectivity index is 2.80. The summed E-state index contributed by atoms with van der Waals surface area (Å²) in [6.45, 7) is 7.83. The lowest BCUT2D eigenvalue weighted by Crippen LogP contribution is -2.20. The molecule has 76 valence electrons. The molecule has 0 saturated heterocycles. The molecule has 0 saturated carbocycles. The van der Waals surface area contributed by atoms with Crippen LogP contribution in [0.2, 0.25) is 0 Å². The third-order valence-corrected chi connectivity index (χ3v) is 2.05. The van der Waals surface area contributed by atoms with E-state index in [0.29, 0.717) is 0 Å². The number of aryl methyl sites for hydroxylation is 2. The molecule has 0 bridgehead atoms. The summed E-state index contributed by atoms with van der Waals surface area (Å²) >= 11 is 0. The fourth-order valence-electron chi connectivity index (χ4n) is 1.45. The summed E-state index contributed by atoms with van der Waals surface area (Å²) in [6.07, 6.45) is 1.71. The SMILES string of the molecule is C=CC(CO)Nc1cc(C)cc(C)c1. The average molecular weight is 191 g/mol. The summed E-state index contributed by atoms with van der Waals surface area (Å²) in [4.78, 5) is 0. The van der Waals surface area contributed by atoms with Gasteiger partial charge >= 0.3 is 0 Å². The number of rotatable bonds is 4. The van der Waals surface area contributed by atoms with Gasteiger partial charge in [0.1, 0.15) is 0 Å². The van der Waals surface area contributed by atoms with Crippen LogP contribution in [0.15, 0.2) is 30.9 Å². The summed E-state index contributed by atoms with van der Waals surface area (Å²) in [5, 5.41) is 12.2. The second-order valence-electron chi connectivity index (χ2n) is 3.55. The van der Waals surface area contributed by atoms with Crippen molar-refractivity contribution in [2.45, 2.75) is 19.9 Å². The molecule has 0 aliphatic carbocycles. The Hall–Kier alpha value is -1.28. The number of anilines is 1. The highest BCUT2D eigenvalue weighted by atomic mass is 16.3. The lowest BCUT2D eigenvalue weighted by Gasteiger charge is -2.14. The second-order valence-corrected chi connectivity index (χ2v) is 3.55. The van der Waals surface area contributed by atoms with Crippen LogP contribution in [-0.2, 0) is 0 Å². The minimum absolute atomic E-state index is 0.0660. The number of aliphatic hydroxyl groups is 1. The number of benzene rings is 1. The molecule has 0 aromatic heterocycles. The molecule has 1 unspecified atom stereocenters. The van der Waals surface area contributed by atoms with Crippen LogP contribution >= 0.6 is 0 Å². The van der Waals surface area contributed by atoms with Gasteiger partial charge in [-0.05, 0) is 37.1 Å². The number of hydrogen-bond donors (Lipinski definition) is 2. The van der Waals surface area contributed by atoms with E-state index in [1.165, 1.54) is 11.1 Å². The van der Waals surface area contributed by atoms with Gasteiger partial charge in [-0.2, -0.15) is 0 Å². The first-order valence-electron chi connectivity index (χ1n) is 4.74. The highest BCUT2D eigenvalue weighted by Crippen LogP contribution is 2.14. The van der Waals surface area contributed by atoms with Crippen molar-refractivity contribution in [3.63, 3.8) is 0 Å². The van der Waals surface area contributed by atoms with Gasteiger partial charge in [0.05, 0.1) is 12.6 Å². The third-order valence-electron chi connectivity index (χ3n) is 2.05. The van der Waals surface area contributed by atoms with E-state index in [-0.39, 0.29) is 12.6 Å². The van der Waals surface area contributed by atoms with Gasteiger partial charge in [-0.15, -0.1) is 6.58 Å². The van der Waals surface area contributed by atoms with Crippen LogP contribution in [0.5, 0.6) is 0 Å². The molecule has 1 aromatic rings. The second kappa shape index (κ2) is 4.82. The smallest absolute Gasteiger partial charge is 0.0673 e. The summed E-state index contributed by atoms with van der Waals surface area (Å²) in [6, 6.07) is 6.15. The number of hydrogen-bond acceptors (Lipinski definition) is 2. The van der Waals surface area contributed by atoms with Crippen molar-refractivity contribution in [1.29, 1.82) is 0 Å². The first kappa shape index (κ1) is 10.8. The maximum atomic E-state index is 8.99. The van der Waals surface area contributed by atoms with E-state index in [1.807, 2.05) is 0 Å². The van der Waals surface area contributed by atoms with Gasteiger partial charge in [-0.25, -0.2) is 0 Å². The van der Waals surface area contributed by atoms with Crippen molar-refractivity contribution in [3.05, 3.63) is 42.0 Å². The molecule has 1 atom stereocenters. The van der Waals surface area contributed by atoms with Gasteiger partial charge in [0, 0.05) is 5.69 Å². The van der Waals surface area contributed by atoms with E-state index in [2.05, 4.69) is 43.9 Å². The number of nitrogens with one attached hydrogen (secondary N) is 1.